The van der Waals surface area contributed by atoms with Crippen molar-refractivity contribution in [1.29, 1.82) is 0 Å². The van der Waals surface area contributed by atoms with Gasteiger partial charge in [0.2, 0.25) is 5.95 Å². The third-order valence-corrected chi connectivity index (χ3v) is 6.13. The van der Waals surface area contributed by atoms with E-state index in [0.717, 1.165) is 55.2 Å². The number of hydrogen-bond acceptors (Lipinski definition) is 7. The van der Waals surface area contributed by atoms with Gasteiger partial charge >= 0.3 is 0 Å². The summed E-state index contributed by atoms with van der Waals surface area (Å²) in [5.41, 5.74) is 3.08. The molecule has 8 heteroatoms. The van der Waals surface area contributed by atoms with Crippen molar-refractivity contribution in [2.45, 2.75) is 25.9 Å². The van der Waals surface area contributed by atoms with E-state index in [0.29, 0.717) is 29.4 Å². The number of rotatable bonds is 11. The molecule has 1 aliphatic rings. The Morgan fingerprint density at radius 2 is 2.17 bits per heavy atom. The molecule has 0 bridgehead atoms. The molecule has 7 nitrogen and oxygen atoms in total. The SMILES string of the molecule is C=CC(=O)Cc1cccc(-c2nc(Nc3cccc(OCCCN4CCOC(C)C4)c3)ncc2Cl)c1. The standard InChI is InChI=1S/C28H31ClN4O3/c1-3-24(34)16-21-7-4-8-22(15-21)27-26(29)18-30-28(32-27)31-23-9-5-10-25(17-23)36-13-6-11-33-12-14-35-20(2)19-33/h3-5,7-10,15,17-18,20H,1,6,11-14,16,19H2,2H3,(H,30,31,32). The van der Waals surface area contributed by atoms with E-state index >= 15 is 0 Å². The fraction of sp³-hybridized carbons (Fsp3) is 0.321. The van der Waals surface area contributed by atoms with Crippen LogP contribution in [-0.2, 0) is 16.0 Å². The van der Waals surface area contributed by atoms with E-state index in [1.54, 1.807) is 6.20 Å². The molecule has 0 radical (unpaired) electrons. The van der Waals surface area contributed by atoms with Crippen molar-refractivity contribution in [2.24, 2.45) is 0 Å². The number of carbonyl (C=O) groups excluding carboxylic acids is 1. The van der Waals surface area contributed by atoms with Crippen LogP contribution in [0.25, 0.3) is 11.3 Å². The van der Waals surface area contributed by atoms with Crippen molar-refractivity contribution in [3.05, 3.63) is 78.0 Å². The van der Waals surface area contributed by atoms with Crippen molar-refractivity contribution in [3.63, 3.8) is 0 Å². The number of allylic oxidation sites excluding steroid dienone is 1. The number of hydrogen-bond donors (Lipinski definition) is 1. The molecule has 0 spiro atoms. The number of benzene rings is 2. The summed E-state index contributed by atoms with van der Waals surface area (Å²) in [7, 11) is 0. The molecule has 1 aromatic heterocycles. The Morgan fingerprint density at radius 1 is 1.31 bits per heavy atom. The van der Waals surface area contributed by atoms with Crippen LogP contribution in [0, 0.1) is 0 Å². The molecule has 1 atom stereocenters. The van der Waals surface area contributed by atoms with E-state index in [9.17, 15) is 4.79 Å². The van der Waals surface area contributed by atoms with Crippen LogP contribution in [0.1, 0.15) is 18.9 Å². The Balaban J connectivity index is 1.37. The minimum Gasteiger partial charge on any atom is -0.493 e. The number of anilines is 2. The van der Waals surface area contributed by atoms with Crippen LogP contribution in [0.2, 0.25) is 5.02 Å². The lowest BCUT2D eigenvalue weighted by Crippen LogP contribution is -2.41. The topological polar surface area (TPSA) is 76.6 Å². The highest BCUT2D eigenvalue weighted by atomic mass is 35.5. The van der Waals surface area contributed by atoms with Crippen molar-refractivity contribution in [3.8, 4) is 17.0 Å². The maximum Gasteiger partial charge on any atom is 0.227 e. The molecular formula is C28H31ClN4O3. The quantitative estimate of drug-likeness (QED) is 0.278. The van der Waals surface area contributed by atoms with Crippen molar-refractivity contribution in [1.82, 2.24) is 14.9 Å². The third kappa shape index (κ3) is 7.37. The van der Waals surface area contributed by atoms with E-state index in [4.69, 9.17) is 21.1 Å². The Hall–Kier alpha value is -3.26. The van der Waals surface area contributed by atoms with Gasteiger partial charge < -0.3 is 14.8 Å². The fourth-order valence-electron chi connectivity index (χ4n) is 4.10. The third-order valence-electron chi connectivity index (χ3n) is 5.85. The van der Waals surface area contributed by atoms with E-state index in [2.05, 4.69) is 33.7 Å². The lowest BCUT2D eigenvalue weighted by Gasteiger charge is -2.30. The number of nitrogens with zero attached hydrogens (tertiary/aromatic N) is 3. The lowest BCUT2D eigenvalue weighted by atomic mass is 10.0. The monoisotopic (exact) mass is 506 g/mol. The van der Waals surface area contributed by atoms with Crippen molar-refractivity contribution < 1.29 is 14.3 Å². The molecule has 0 amide bonds. The smallest absolute Gasteiger partial charge is 0.227 e. The molecule has 2 heterocycles. The van der Waals surface area contributed by atoms with Crippen LogP contribution in [0.3, 0.4) is 0 Å². The summed E-state index contributed by atoms with van der Waals surface area (Å²) >= 11 is 6.41. The van der Waals surface area contributed by atoms with Crippen LogP contribution in [0.15, 0.2) is 67.4 Å². The average molecular weight is 507 g/mol. The van der Waals surface area contributed by atoms with Gasteiger partial charge in [-0.3, -0.25) is 9.69 Å². The van der Waals surface area contributed by atoms with Gasteiger partial charge in [-0.15, -0.1) is 0 Å². The van der Waals surface area contributed by atoms with Crippen molar-refractivity contribution >= 4 is 29.0 Å². The average Bonchev–Trinajstić information content (AvgIpc) is 2.88. The second kappa shape index (κ2) is 12.6. The van der Waals surface area contributed by atoms with Gasteiger partial charge in [-0.05, 0) is 43.2 Å². The molecule has 4 rings (SSSR count). The van der Waals surface area contributed by atoms with Crippen LogP contribution < -0.4 is 10.1 Å². The zero-order chi connectivity index (χ0) is 25.3. The van der Waals surface area contributed by atoms with Gasteiger partial charge in [0.05, 0.1) is 36.2 Å². The van der Waals surface area contributed by atoms with E-state index < -0.39 is 0 Å². The zero-order valence-corrected chi connectivity index (χ0v) is 21.2. The molecule has 1 aliphatic heterocycles. The van der Waals surface area contributed by atoms with Gasteiger partial charge in [0, 0.05) is 43.4 Å². The predicted molar refractivity (Wildman–Crippen MR) is 143 cm³/mol. The fourth-order valence-corrected chi connectivity index (χ4v) is 4.30. The largest absolute Gasteiger partial charge is 0.493 e. The van der Waals surface area contributed by atoms with Crippen LogP contribution in [0.5, 0.6) is 5.75 Å². The van der Waals surface area contributed by atoms with Gasteiger partial charge in [-0.25, -0.2) is 9.97 Å². The summed E-state index contributed by atoms with van der Waals surface area (Å²) in [5.74, 6) is 1.16. The summed E-state index contributed by atoms with van der Waals surface area (Å²) in [6.07, 6.45) is 4.42. The molecule has 1 fully saturated rings. The second-order valence-corrected chi connectivity index (χ2v) is 9.18. The first-order valence-corrected chi connectivity index (χ1v) is 12.5. The summed E-state index contributed by atoms with van der Waals surface area (Å²) in [6.45, 7) is 10.0. The van der Waals surface area contributed by atoms with Gasteiger partial charge in [0.15, 0.2) is 5.78 Å². The number of morpholine rings is 1. The van der Waals surface area contributed by atoms with Gasteiger partial charge in [0.25, 0.3) is 0 Å². The number of aromatic nitrogens is 2. The molecule has 0 saturated carbocycles. The summed E-state index contributed by atoms with van der Waals surface area (Å²) in [5, 5.41) is 3.66. The number of halogens is 1. The van der Waals surface area contributed by atoms with Gasteiger partial charge in [-0.2, -0.15) is 0 Å². The summed E-state index contributed by atoms with van der Waals surface area (Å²) < 4.78 is 11.6. The van der Waals surface area contributed by atoms with Crippen molar-refractivity contribution in [2.75, 3.05) is 38.2 Å². The summed E-state index contributed by atoms with van der Waals surface area (Å²) in [4.78, 5) is 23.1. The summed E-state index contributed by atoms with van der Waals surface area (Å²) in [6, 6.07) is 15.3. The first kappa shape index (κ1) is 25.8. The maximum absolute atomic E-state index is 11.8. The van der Waals surface area contributed by atoms with Gasteiger partial charge in [-0.1, -0.05) is 42.4 Å². The molecule has 1 unspecified atom stereocenters. The minimum atomic E-state index is -0.0407. The second-order valence-electron chi connectivity index (χ2n) is 8.77. The molecule has 0 aliphatic carbocycles. The molecular weight excluding hydrogens is 476 g/mol. The van der Waals surface area contributed by atoms with Crippen LogP contribution in [0.4, 0.5) is 11.6 Å². The molecule has 1 saturated heterocycles. The number of ether oxygens (including phenoxy) is 2. The number of carbonyl (C=O) groups is 1. The van der Waals surface area contributed by atoms with E-state index in [-0.39, 0.29) is 12.2 Å². The normalized spacial score (nSPS) is 15.9. The molecule has 36 heavy (non-hydrogen) atoms. The zero-order valence-electron chi connectivity index (χ0n) is 20.5. The lowest BCUT2D eigenvalue weighted by molar-refractivity contribution is -0.114. The van der Waals surface area contributed by atoms with Crippen LogP contribution >= 0.6 is 11.6 Å². The Labute approximate surface area is 217 Å². The highest BCUT2D eigenvalue weighted by Crippen LogP contribution is 2.28. The molecule has 188 valence electrons. The molecule has 1 N–H and O–H groups in total. The first-order valence-electron chi connectivity index (χ1n) is 12.1. The van der Waals surface area contributed by atoms with Crippen LogP contribution in [-0.4, -0.2) is 59.6 Å². The molecule has 3 aromatic rings. The number of nitrogens with one attached hydrogen (secondary N) is 1. The highest BCUT2D eigenvalue weighted by Gasteiger charge is 2.16. The predicted octanol–water partition coefficient (Wildman–Crippen LogP) is 5.33. The molecule has 2 aromatic carbocycles. The highest BCUT2D eigenvalue weighted by molar-refractivity contribution is 6.32. The van der Waals surface area contributed by atoms with E-state index in [1.807, 2.05) is 48.5 Å². The maximum atomic E-state index is 11.8. The number of ketones is 1. The minimum absolute atomic E-state index is 0.0407. The van der Waals surface area contributed by atoms with E-state index in [1.165, 1.54) is 6.08 Å². The Kier molecular flexibility index (Phi) is 9.06. The first-order chi connectivity index (χ1) is 17.5. The Morgan fingerprint density at radius 3 is 3.00 bits per heavy atom. The van der Waals surface area contributed by atoms with Gasteiger partial charge in [0.1, 0.15) is 5.75 Å². The Bertz CT molecular complexity index is 1200.